The normalized spacial score (nSPS) is 12.1. The molecule has 1 heterocycles. The molecule has 0 aliphatic carbocycles. The van der Waals surface area contributed by atoms with Crippen LogP contribution in [0.5, 0.6) is 0 Å². The smallest absolute Gasteiger partial charge is 0.408 e. The first-order chi connectivity index (χ1) is 22.8. The average molecular weight is 735 g/mol. The highest BCUT2D eigenvalue weighted by atomic mass is 35.5. The molecule has 0 spiro atoms. The van der Waals surface area contributed by atoms with E-state index in [1.54, 1.807) is 39.2 Å². The summed E-state index contributed by atoms with van der Waals surface area (Å²) in [7, 11) is 0. The first-order valence-corrected chi connectivity index (χ1v) is 15.3. The topological polar surface area (TPSA) is 398 Å². The molecule has 0 unspecified atom stereocenters. The standard InChI is InChI=1S/C23H46N12O6.C4H6N4.ClH/c1-23(2,3)41-22(40)35-14(8-5-11-31-20(26)27)17(37)33-13(7-4-10-30-19(24)25)16(36)34-15(18(38)39)9-6-12-32-21(28)29;5-4(6)8-3-1-2-7-8;/h13-15H,4-12H2,1-3H3,(H,33,37)(H,34,36)(H,35,40)(H,38,39)(H4,24,25,30)(H4,26,27,31)(H4,28,29,32);1-3H,(H3,5,6);1H/p+2/t13-,14+,15-;;/m0../s1. The van der Waals surface area contributed by atoms with E-state index < -0.39 is 47.6 Å². The number of hydrogen-bond donors (Lipinski definition) is 14. The minimum atomic E-state index is -1.26. The number of aliphatic carboxylic acids is 1. The minimum absolute atomic E-state index is 0. The highest BCUT2D eigenvalue weighted by molar-refractivity contribution is 5.92. The number of ether oxygens (including phenoxy) is 1. The highest BCUT2D eigenvalue weighted by Crippen LogP contribution is 2.09. The zero-order valence-corrected chi connectivity index (χ0v) is 29.4. The summed E-state index contributed by atoms with van der Waals surface area (Å²) < 4.78 is 6.54. The molecule has 22 nitrogen and oxygen atoms in total. The molecule has 23 heteroatoms. The second-order valence-corrected chi connectivity index (χ2v) is 11.5. The number of nitrogens with two attached hydrogens (primary N) is 7. The summed E-state index contributed by atoms with van der Waals surface area (Å²) in [5.41, 5.74) is 36.4. The third-order valence-electron chi connectivity index (χ3n) is 5.95. The maximum absolute atomic E-state index is 13.3. The number of nitrogens with one attached hydrogen (secondary N) is 6. The molecule has 0 radical (unpaired) electrons. The van der Waals surface area contributed by atoms with E-state index in [1.165, 1.54) is 4.68 Å². The van der Waals surface area contributed by atoms with Gasteiger partial charge in [-0.15, -0.1) is 12.4 Å². The lowest BCUT2D eigenvalue weighted by Gasteiger charge is -2.26. The van der Waals surface area contributed by atoms with Gasteiger partial charge in [0.05, 0.1) is 13.1 Å². The van der Waals surface area contributed by atoms with Crippen LogP contribution in [0.15, 0.2) is 23.5 Å². The lowest BCUT2D eigenvalue weighted by atomic mass is 10.1. The fourth-order valence-corrected chi connectivity index (χ4v) is 3.78. The molecule has 21 N–H and O–H groups in total. The molecular weight excluding hydrogens is 680 g/mol. The van der Waals surface area contributed by atoms with Gasteiger partial charge < -0.3 is 43.0 Å². The Morgan fingerprint density at radius 3 is 1.74 bits per heavy atom. The monoisotopic (exact) mass is 734 g/mol. The molecule has 0 bridgehead atoms. The van der Waals surface area contributed by atoms with Gasteiger partial charge in [-0.25, -0.2) is 14.3 Å². The lowest BCUT2D eigenvalue weighted by molar-refractivity contribution is -0.460. The number of aliphatic imine (C=N–C) groups is 1. The number of aromatic nitrogens is 2. The molecule has 0 aliphatic heterocycles. The Morgan fingerprint density at radius 1 is 0.860 bits per heavy atom. The molecule has 0 aromatic carbocycles. The van der Waals surface area contributed by atoms with Crippen LogP contribution in [0.4, 0.5) is 4.79 Å². The first kappa shape index (κ1) is 46.6. The quantitative estimate of drug-likeness (QED) is 0.0379. The lowest BCUT2D eigenvalue weighted by Crippen LogP contribution is -2.78. The molecule has 1 aromatic heterocycles. The molecule has 0 saturated heterocycles. The zero-order valence-electron chi connectivity index (χ0n) is 28.6. The van der Waals surface area contributed by atoms with Crippen LogP contribution in [0.2, 0.25) is 0 Å². The average Bonchev–Trinajstić information content (AvgIpc) is 3.52. The van der Waals surface area contributed by atoms with E-state index in [0.29, 0.717) is 25.8 Å². The van der Waals surface area contributed by atoms with Gasteiger partial charge >= 0.3 is 24.0 Å². The van der Waals surface area contributed by atoms with Gasteiger partial charge in [0, 0.05) is 18.9 Å². The van der Waals surface area contributed by atoms with E-state index in [4.69, 9.17) is 50.3 Å². The van der Waals surface area contributed by atoms with Crippen molar-refractivity contribution in [3.63, 3.8) is 0 Å². The third-order valence-corrected chi connectivity index (χ3v) is 5.95. The molecule has 0 saturated carbocycles. The van der Waals surface area contributed by atoms with Gasteiger partial charge in [-0.3, -0.25) is 52.9 Å². The zero-order chi connectivity index (χ0) is 37.6. The number of alkyl carbamates (subject to hydrolysis) is 1. The van der Waals surface area contributed by atoms with Gasteiger partial charge in [-0.1, -0.05) is 0 Å². The van der Waals surface area contributed by atoms with Gasteiger partial charge in [-0.05, 0) is 65.4 Å². The number of carbonyl (C=O) groups is 4. The van der Waals surface area contributed by atoms with Crippen LogP contribution in [0.1, 0.15) is 59.3 Å². The molecule has 0 aliphatic rings. The Bertz CT molecular complexity index is 1290. The van der Waals surface area contributed by atoms with Crippen molar-refractivity contribution in [1.29, 1.82) is 5.41 Å². The van der Waals surface area contributed by atoms with E-state index >= 15 is 0 Å². The van der Waals surface area contributed by atoms with Crippen molar-refractivity contribution in [2.24, 2.45) is 45.1 Å². The summed E-state index contributed by atoms with van der Waals surface area (Å²) in [5.74, 6) is -2.90. The fraction of sp³-hybridized carbons (Fsp3) is 0.593. The van der Waals surface area contributed by atoms with Gasteiger partial charge in [0.15, 0.2) is 5.96 Å². The van der Waals surface area contributed by atoms with Crippen LogP contribution in [-0.2, 0) is 19.1 Å². The van der Waals surface area contributed by atoms with E-state index in [9.17, 15) is 24.3 Å². The van der Waals surface area contributed by atoms with Crippen LogP contribution >= 0.6 is 12.4 Å². The fourth-order valence-electron chi connectivity index (χ4n) is 3.78. The van der Waals surface area contributed by atoms with Crippen LogP contribution in [-0.4, -0.2) is 106 Å². The number of rotatable bonds is 18. The Morgan fingerprint density at radius 2 is 1.34 bits per heavy atom. The summed E-state index contributed by atoms with van der Waals surface area (Å²) in [6.45, 7) is 5.76. The number of carboxylic acids is 1. The van der Waals surface area contributed by atoms with Crippen LogP contribution in [0.25, 0.3) is 0 Å². The Kier molecular flexibility index (Phi) is 22.9. The molecule has 1 aromatic rings. The second kappa shape index (κ2) is 24.6. The van der Waals surface area contributed by atoms with E-state index in [-0.39, 0.29) is 68.6 Å². The minimum Gasteiger partial charge on any atom is -0.480 e. The number of hydrogen-bond acceptors (Lipinski definition) is 8. The Hall–Kier alpha value is -5.54. The van der Waals surface area contributed by atoms with Gasteiger partial charge in [0.25, 0.3) is 0 Å². The summed E-state index contributed by atoms with van der Waals surface area (Å²) in [6.07, 6.45) is 3.60. The summed E-state index contributed by atoms with van der Waals surface area (Å²) in [6, 6.07) is -1.80. The highest BCUT2D eigenvalue weighted by Gasteiger charge is 2.30. The molecule has 3 amide bonds. The van der Waals surface area contributed by atoms with Crippen LogP contribution in [0.3, 0.4) is 0 Å². The number of nitrogens with zero attached hydrogens (tertiary/aromatic N) is 3. The van der Waals surface area contributed by atoms with Gasteiger partial charge in [-0.2, -0.15) is 5.10 Å². The van der Waals surface area contributed by atoms with Crippen molar-refractivity contribution >= 4 is 60.1 Å². The van der Waals surface area contributed by atoms with Crippen LogP contribution in [0, 0.1) is 5.41 Å². The number of nitrogen functional groups attached to an aromatic ring is 1. The first-order valence-electron chi connectivity index (χ1n) is 15.3. The second-order valence-electron chi connectivity index (χ2n) is 11.5. The van der Waals surface area contributed by atoms with Crippen molar-refractivity contribution < 1.29 is 39.0 Å². The van der Waals surface area contributed by atoms with Gasteiger partial charge in [0.2, 0.25) is 17.8 Å². The molecule has 3 atom stereocenters. The number of halogens is 1. The Balaban J connectivity index is 0. The van der Waals surface area contributed by atoms with Crippen molar-refractivity contribution in [1.82, 2.24) is 25.7 Å². The van der Waals surface area contributed by atoms with Crippen LogP contribution < -0.4 is 66.1 Å². The van der Waals surface area contributed by atoms with E-state index in [0.717, 1.165) is 0 Å². The maximum Gasteiger partial charge on any atom is 0.408 e. The largest absolute Gasteiger partial charge is 0.480 e. The number of carboxylic acid groups (broad SMARTS) is 1. The summed E-state index contributed by atoms with van der Waals surface area (Å²) >= 11 is 0. The van der Waals surface area contributed by atoms with Crippen molar-refractivity contribution in [3.05, 3.63) is 18.5 Å². The maximum atomic E-state index is 13.3. The predicted molar refractivity (Wildman–Crippen MR) is 188 cm³/mol. The van der Waals surface area contributed by atoms with E-state index in [1.807, 2.05) is 0 Å². The molecule has 0 fully saturated rings. The van der Waals surface area contributed by atoms with Crippen molar-refractivity contribution in [3.8, 4) is 0 Å². The number of carbonyl (C=O) groups excluding carboxylic acids is 3. The third kappa shape index (κ3) is 23.7. The summed E-state index contributed by atoms with van der Waals surface area (Å²) in [5, 5.41) is 27.7. The molecular formula is C27H55ClN16O6+2. The number of amides is 3. The summed E-state index contributed by atoms with van der Waals surface area (Å²) in [4.78, 5) is 59.8. The molecule has 50 heavy (non-hydrogen) atoms. The van der Waals surface area contributed by atoms with Gasteiger partial charge in [0.1, 0.15) is 23.7 Å². The Labute approximate surface area is 296 Å². The van der Waals surface area contributed by atoms with Crippen molar-refractivity contribution in [2.75, 3.05) is 19.6 Å². The van der Waals surface area contributed by atoms with Crippen molar-refractivity contribution in [2.45, 2.75) is 83.0 Å². The number of guanidine groups is 3. The SMILES string of the molecule is CC(C)(C)OC(=O)N[C@H](CCCN=C(N)N)C(=O)N[C@@H](CCC[NH+]=C(N)N)C(=O)N[C@@H](CCC[NH+]=C(N)N)C(=O)O.Cl.N=C(N)n1cccn1. The predicted octanol–water partition coefficient (Wildman–Crippen LogP) is -6.70. The van der Waals surface area contributed by atoms with E-state index in [2.05, 4.69) is 36.0 Å². The molecule has 284 valence electrons. The molecule has 1 rings (SSSR count).